The van der Waals surface area contributed by atoms with Gasteiger partial charge >= 0.3 is 0 Å². The summed E-state index contributed by atoms with van der Waals surface area (Å²) >= 11 is 12.5. The molecule has 0 bridgehead atoms. The monoisotopic (exact) mass is 284 g/mol. The van der Waals surface area contributed by atoms with Crippen molar-refractivity contribution >= 4 is 23.2 Å². The normalized spacial score (nSPS) is 19.4. The van der Waals surface area contributed by atoms with Crippen molar-refractivity contribution in [2.45, 2.75) is 56.7 Å². The molecule has 1 atom stereocenters. The third-order valence-corrected chi connectivity index (χ3v) is 4.48. The number of alkyl halides is 1. The van der Waals surface area contributed by atoms with Gasteiger partial charge in [-0.2, -0.15) is 0 Å². The van der Waals surface area contributed by atoms with E-state index in [2.05, 4.69) is 6.07 Å². The van der Waals surface area contributed by atoms with Gasteiger partial charge in [0.15, 0.2) is 0 Å². The first-order valence-electron chi connectivity index (χ1n) is 7.12. The molecular formula is C16H22Cl2. The van der Waals surface area contributed by atoms with E-state index in [9.17, 15) is 0 Å². The van der Waals surface area contributed by atoms with E-state index in [4.69, 9.17) is 23.2 Å². The molecule has 1 aromatic rings. The fourth-order valence-electron chi connectivity index (χ4n) is 2.96. The van der Waals surface area contributed by atoms with Gasteiger partial charge in [0, 0.05) is 10.4 Å². The van der Waals surface area contributed by atoms with E-state index in [0.717, 1.165) is 23.8 Å². The standard InChI is InChI=1S/C16H22Cl2/c17-15-9-5-8-14(11-15)12-16(18)10-13-6-3-1-2-4-7-13/h5,8-9,11,13,16H,1-4,6-7,10,12H2. The van der Waals surface area contributed by atoms with Crippen LogP contribution in [0.5, 0.6) is 0 Å². The van der Waals surface area contributed by atoms with E-state index in [0.29, 0.717) is 0 Å². The summed E-state index contributed by atoms with van der Waals surface area (Å²) in [6, 6.07) is 8.07. The van der Waals surface area contributed by atoms with Crippen LogP contribution in [0.1, 0.15) is 50.5 Å². The maximum Gasteiger partial charge on any atom is 0.0408 e. The van der Waals surface area contributed by atoms with Gasteiger partial charge in [0.1, 0.15) is 0 Å². The molecular weight excluding hydrogens is 263 g/mol. The SMILES string of the molecule is Clc1cccc(CC(Cl)CC2CCCCCC2)c1. The molecule has 1 fully saturated rings. The predicted molar refractivity (Wildman–Crippen MR) is 80.6 cm³/mol. The Morgan fingerprint density at radius 2 is 1.83 bits per heavy atom. The van der Waals surface area contributed by atoms with E-state index in [-0.39, 0.29) is 5.38 Å². The van der Waals surface area contributed by atoms with Crippen LogP contribution < -0.4 is 0 Å². The Balaban J connectivity index is 1.82. The molecule has 0 aromatic heterocycles. The Labute approximate surface area is 121 Å². The highest BCUT2D eigenvalue weighted by Crippen LogP contribution is 2.29. The summed E-state index contributed by atoms with van der Waals surface area (Å²) in [6.45, 7) is 0. The van der Waals surface area contributed by atoms with Gasteiger partial charge in [-0.1, -0.05) is 62.3 Å². The molecule has 0 heterocycles. The molecule has 0 aliphatic heterocycles. The summed E-state index contributed by atoms with van der Waals surface area (Å²) in [6.07, 6.45) is 10.5. The van der Waals surface area contributed by atoms with Crippen LogP contribution in [0.4, 0.5) is 0 Å². The lowest BCUT2D eigenvalue weighted by molar-refractivity contribution is 0.419. The van der Waals surface area contributed by atoms with Crippen molar-refractivity contribution in [1.82, 2.24) is 0 Å². The maximum absolute atomic E-state index is 6.51. The highest BCUT2D eigenvalue weighted by Gasteiger charge is 2.17. The van der Waals surface area contributed by atoms with Crippen molar-refractivity contribution in [3.63, 3.8) is 0 Å². The molecule has 0 saturated heterocycles. The van der Waals surface area contributed by atoms with Crippen LogP contribution in [0.2, 0.25) is 5.02 Å². The van der Waals surface area contributed by atoms with Gasteiger partial charge in [0.05, 0.1) is 0 Å². The minimum atomic E-state index is 0.256. The van der Waals surface area contributed by atoms with Crippen molar-refractivity contribution < 1.29 is 0 Å². The molecule has 100 valence electrons. The van der Waals surface area contributed by atoms with Crippen molar-refractivity contribution in [3.8, 4) is 0 Å². The van der Waals surface area contributed by atoms with Gasteiger partial charge in [-0.3, -0.25) is 0 Å². The molecule has 1 saturated carbocycles. The fourth-order valence-corrected chi connectivity index (χ4v) is 3.61. The molecule has 1 aliphatic rings. The van der Waals surface area contributed by atoms with Crippen LogP contribution in [0, 0.1) is 5.92 Å². The fraction of sp³-hybridized carbons (Fsp3) is 0.625. The Bertz CT molecular complexity index is 354. The minimum Gasteiger partial charge on any atom is -0.123 e. The molecule has 0 radical (unpaired) electrons. The number of benzene rings is 1. The lowest BCUT2D eigenvalue weighted by Gasteiger charge is -2.18. The van der Waals surface area contributed by atoms with Crippen LogP contribution in [0.25, 0.3) is 0 Å². The molecule has 0 amide bonds. The van der Waals surface area contributed by atoms with E-state index >= 15 is 0 Å². The zero-order valence-electron chi connectivity index (χ0n) is 10.9. The highest BCUT2D eigenvalue weighted by molar-refractivity contribution is 6.30. The van der Waals surface area contributed by atoms with E-state index in [1.807, 2.05) is 18.2 Å². The molecule has 2 heteroatoms. The molecule has 0 spiro atoms. The predicted octanol–water partition coefficient (Wildman–Crippen LogP) is 5.85. The van der Waals surface area contributed by atoms with E-state index in [1.165, 1.54) is 44.1 Å². The maximum atomic E-state index is 6.51. The summed E-state index contributed by atoms with van der Waals surface area (Å²) in [5.41, 5.74) is 1.26. The lowest BCUT2D eigenvalue weighted by Crippen LogP contribution is -2.11. The van der Waals surface area contributed by atoms with Crippen LogP contribution in [0.15, 0.2) is 24.3 Å². The molecule has 1 aromatic carbocycles. The second kappa shape index (κ2) is 7.40. The third kappa shape index (κ3) is 4.82. The third-order valence-electron chi connectivity index (χ3n) is 3.91. The average molecular weight is 285 g/mol. The van der Waals surface area contributed by atoms with Gasteiger partial charge < -0.3 is 0 Å². The van der Waals surface area contributed by atoms with Gasteiger partial charge in [-0.15, -0.1) is 11.6 Å². The first-order chi connectivity index (χ1) is 8.74. The van der Waals surface area contributed by atoms with Crippen LogP contribution >= 0.6 is 23.2 Å². The molecule has 0 N–H and O–H groups in total. The smallest absolute Gasteiger partial charge is 0.0408 e. The number of rotatable bonds is 4. The van der Waals surface area contributed by atoms with Crippen molar-refractivity contribution in [2.75, 3.05) is 0 Å². The highest BCUT2D eigenvalue weighted by atomic mass is 35.5. The quantitative estimate of drug-likeness (QED) is 0.481. The second-order valence-electron chi connectivity index (χ2n) is 5.52. The summed E-state index contributed by atoms with van der Waals surface area (Å²) in [5.74, 6) is 0.842. The molecule has 0 nitrogen and oxygen atoms in total. The lowest BCUT2D eigenvalue weighted by atomic mass is 9.93. The zero-order chi connectivity index (χ0) is 12.8. The van der Waals surface area contributed by atoms with Gasteiger partial charge in [-0.05, 0) is 36.5 Å². The van der Waals surface area contributed by atoms with Crippen LogP contribution in [-0.4, -0.2) is 5.38 Å². The first-order valence-corrected chi connectivity index (χ1v) is 7.94. The number of halogens is 2. The Morgan fingerprint density at radius 3 is 2.50 bits per heavy atom. The summed E-state index contributed by atoms with van der Waals surface area (Å²) in [4.78, 5) is 0. The van der Waals surface area contributed by atoms with Crippen molar-refractivity contribution in [2.24, 2.45) is 5.92 Å². The minimum absolute atomic E-state index is 0.256. The summed E-state index contributed by atoms with van der Waals surface area (Å²) in [7, 11) is 0. The largest absolute Gasteiger partial charge is 0.123 e. The summed E-state index contributed by atoms with van der Waals surface area (Å²) in [5, 5.41) is 1.07. The Hall–Kier alpha value is -0.200. The van der Waals surface area contributed by atoms with Gasteiger partial charge in [-0.25, -0.2) is 0 Å². The molecule has 1 aliphatic carbocycles. The summed E-state index contributed by atoms with van der Waals surface area (Å²) < 4.78 is 0. The topological polar surface area (TPSA) is 0 Å². The van der Waals surface area contributed by atoms with Crippen LogP contribution in [0.3, 0.4) is 0 Å². The molecule has 18 heavy (non-hydrogen) atoms. The van der Waals surface area contributed by atoms with E-state index < -0.39 is 0 Å². The Morgan fingerprint density at radius 1 is 1.11 bits per heavy atom. The molecule has 1 unspecified atom stereocenters. The first kappa shape index (κ1) is 14.2. The van der Waals surface area contributed by atoms with Crippen molar-refractivity contribution in [1.29, 1.82) is 0 Å². The Kier molecular flexibility index (Phi) is 5.85. The molecule has 2 rings (SSSR count). The second-order valence-corrected chi connectivity index (χ2v) is 6.58. The average Bonchev–Trinajstić information content (AvgIpc) is 2.57. The van der Waals surface area contributed by atoms with Gasteiger partial charge in [0.2, 0.25) is 0 Å². The zero-order valence-corrected chi connectivity index (χ0v) is 12.4. The number of hydrogen-bond donors (Lipinski definition) is 0. The van der Waals surface area contributed by atoms with Gasteiger partial charge in [0.25, 0.3) is 0 Å². The van der Waals surface area contributed by atoms with E-state index in [1.54, 1.807) is 0 Å². The van der Waals surface area contributed by atoms with Crippen LogP contribution in [-0.2, 0) is 6.42 Å². The number of hydrogen-bond acceptors (Lipinski definition) is 0. The van der Waals surface area contributed by atoms with Crippen molar-refractivity contribution in [3.05, 3.63) is 34.9 Å².